The van der Waals surface area contributed by atoms with E-state index < -0.39 is 6.10 Å². The van der Waals surface area contributed by atoms with Gasteiger partial charge in [0.15, 0.2) is 17.3 Å². The van der Waals surface area contributed by atoms with Gasteiger partial charge in [0.05, 0.1) is 22.6 Å². The van der Waals surface area contributed by atoms with Crippen molar-refractivity contribution in [3.8, 4) is 5.75 Å². The van der Waals surface area contributed by atoms with Crippen LogP contribution in [0, 0.1) is 0 Å². The Hall–Kier alpha value is -2.48. The Morgan fingerprint density at radius 3 is 2.55 bits per heavy atom. The number of allylic oxidation sites excluding steroid dienone is 1. The first-order valence-electron chi connectivity index (χ1n) is 8.89. The lowest BCUT2D eigenvalue weighted by Gasteiger charge is -2.23. The molecule has 1 atom stereocenters. The lowest BCUT2D eigenvalue weighted by atomic mass is 10.0. The number of aliphatic imine (C=N–C) groups is 1. The number of Topliss-reactive ketones (excluding diaryl/α,β-unsaturated/α-hetero) is 2. The number of carbonyl (C=O) groups is 2. The van der Waals surface area contributed by atoms with Crippen molar-refractivity contribution in [1.29, 1.82) is 0 Å². The molecule has 0 bridgehead atoms. The summed E-state index contributed by atoms with van der Waals surface area (Å²) in [6.07, 6.45) is 1.03. The molecule has 1 unspecified atom stereocenters. The van der Waals surface area contributed by atoms with Gasteiger partial charge in [-0.25, -0.2) is 4.99 Å². The van der Waals surface area contributed by atoms with Crippen LogP contribution in [0.15, 0.2) is 46.2 Å². The molecule has 0 spiro atoms. The third-order valence-electron chi connectivity index (χ3n) is 4.54. The summed E-state index contributed by atoms with van der Waals surface area (Å²) in [6.45, 7) is 5.41. The van der Waals surface area contributed by atoms with Gasteiger partial charge in [-0.2, -0.15) is 5.10 Å². The minimum Gasteiger partial charge on any atom is -0.436 e. The number of halogens is 2. The third kappa shape index (κ3) is 4.42. The zero-order valence-electron chi connectivity index (χ0n) is 15.9. The maximum atomic E-state index is 12.3. The molecule has 1 N–H and O–H groups in total. The van der Waals surface area contributed by atoms with E-state index in [1.54, 1.807) is 14.0 Å². The van der Waals surface area contributed by atoms with E-state index in [1.807, 2.05) is 0 Å². The number of aliphatic hydroxyl groups excluding tert-OH is 1. The monoisotopic (exact) mass is 435 g/mol. The Balaban J connectivity index is 1.91. The first-order valence-corrected chi connectivity index (χ1v) is 9.64. The van der Waals surface area contributed by atoms with Gasteiger partial charge in [-0.3, -0.25) is 14.6 Å². The standard InChI is InChI=1S/C20H19Cl2N3O4/c1-4-15(26)12-8-18(23-9-17(12)28)29-20-13(21)6-11(7-14(20)22)19-16(27)5-10(2)25(3)24-19/h6-8,15,26H,2,4-5,9H2,1,3H3. The summed E-state index contributed by atoms with van der Waals surface area (Å²) in [5.74, 6) is -0.205. The van der Waals surface area contributed by atoms with Gasteiger partial charge in [-0.15, -0.1) is 0 Å². The first-order chi connectivity index (χ1) is 13.7. The Morgan fingerprint density at radius 2 is 1.93 bits per heavy atom. The summed E-state index contributed by atoms with van der Waals surface area (Å²) < 4.78 is 5.69. The summed E-state index contributed by atoms with van der Waals surface area (Å²) in [6, 6.07) is 3.06. The van der Waals surface area contributed by atoms with Crippen molar-refractivity contribution in [3.63, 3.8) is 0 Å². The highest BCUT2D eigenvalue weighted by Crippen LogP contribution is 2.36. The fourth-order valence-corrected chi connectivity index (χ4v) is 3.41. The van der Waals surface area contributed by atoms with Crippen molar-refractivity contribution in [1.82, 2.24) is 5.01 Å². The molecule has 1 aromatic rings. The highest BCUT2D eigenvalue weighted by atomic mass is 35.5. The van der Waals surface area contributed by atoms with E-state index in [4.69, 9.17) is 27.9 Å². The van der Waals surface area contributed by atoms with Gasteiger partial charge >= 0.3 is 0 Å². The molecule has 152 valence electrons. The van der Waals surface area contributed by atoms with E-state index >= 15 is 0 Å². The van der Waals surface area contributed by atoms with E-state index in [0.717, 1.165) is 0 Å². The quantitative estimate of drug-likeness (QED) is 0.783. The summed E-state index contributed by atoms with van der Waals surface area (Å²) in [5, 5.41) is 16.1. The lowest BCUT2D eigenvalue weighted by Crippen LogP contribution is -2.28. The van der Waals surface area contributed by atoms with Crippen LogP contribution in [-0.4, -0.2) is 53.0 Å². The number of carbonyl (C=O) groups excluding carboxylic acids is 2. The van der Waals surface area contributed by atoms with Crippen molar-refractivity contribution in [3.05, 3.63) is 51.7 Å². The van der Waals surface area contributed by atoms with Crippen LogP contribution in [0.2, 0.25) is 10.0 Å². The van der Waals surface area contributed by atoms with E-state index in [0.29, 0.717) is 17.7 Å². The Labute approximate surface area is 178 Å². The summed E-state index contributed by atoms with van der Waals surface area (Å²) >= 11 is 12.7. The third-order valence-corrected chi connectivity index (χ3v) is 5.10. The van der Waals surface area contributed by atoms with Crippen LogP contribution in [0.25, 0.3) is 0 Å². The van der Waals surface area contributed by atoms with Crippen molar-refractivity contribution in [2.75, 3.05) is 13.6 Å². The van der Waals surface area contributed by atoms with Gasteiger partial charge in [-0.1, -0.05) is 36.7 Å². The lowest BCUT2D eigenvalue weighted by molar-refractivity contribution is -0.115. The number of ketones is 2. The number of rotatable bonds is 4. The number of hydrogen-bond acceptors (Lipinski definition) is 7. The van der Waals surface area contributed by atoms with E-state index in [1.165, 1.54) is 23.2 Å². The second kappa shape index (κ2) is 8.49. The maximum absolute atomic E-state index is 12.3. The van der Waals surface area contributed by atoms with Crippen molar-refractivity contribution in [2.45, 2.75) is 25.9 Å². The zero-order valence-corrected chi connectivity index (χ0v) is 17.4. The average Bonchev–Trinajstić information content (AvgIpc) is 2.68. The Bertz CT molecular complexity index is 974. The van der Waals surface area contributed by atoms with Crippen LogP contribution in [0.1, 0.15) is 25.3 Å². The molecule has 7 nitrogen and oxygen atoms in total. The molecule has 2 heterocycles. The first kappa shape index (κ1) is 21.2. The molecule has 3 rings (SSSR count). The molecule has 0 aromatic heterocycles. The molecule has 0 radical (unpaired) electrons. The van der Waals surface area contributed by atoms with Crippen molar-refractivity contribution in [2.24, 2.45) is 10.1 Å². The summed E-state index contributed by atoms with van der Waals surface area (Å²) in [5.41, 5.74) is 1.50. The molecule has 9 heteroatoms. The molecule has 2 aliphatic heterocycles. The van der Waals surface area contributed by atoms with E-state index in [2.05, 4.69) is 16.7 Å². The molecule has 0 saturated carbocycles. The van der Waals surface area contributed by atoms with Crippen LogP contribution < -0.4 is 4.74 Å². The second-order valence-electron chi connectivity index (χ2n) is 6.61. The van der Waals surface area contributed by atoms with Crippen LogP contribution in [0.4, 0.5) is 0 Å². The van der Waals surface area contributed by atoms with Crippen LogP contribution >= 0.6 is 23.2 Å². The number of nitrogens with zero attached hydrogens (tertiary/aromatic N) is 3. The largest absolute Gasteiger partial charge is 0.436 e. The molecule has 1 aromatic carbocycles. The fraction of sp³-hybridized carbons (Fsp3) is 0.300. The summed E-state index contributed by atoms with van der Waals surface area (Å²) in [7, 11) is 1.70. The number of aliphatic hydroxyl groups is 1. The normalized spacial score (nSPS) is 18.3. The molecule has 0 fully saturated rings. The molecular weight excluding hydrogens is 417 g/mol. The van der Waals surface area contributed by atoms with Crippen molar-refractivity contribution < 1.29 is 19.4 Å². The van der Waals surface area contributed by atoms with Crippen LogP contribution in [-0.2, 0) is 9.59 Å². The molecule has 0 saturated heterocycles. The molecule has 2 aliphatic rings. The minimum absolute atomic E-state index is 0.116. The second-order valence-corrected chi connectivity index (χ2v) is 7.43. The van der Waals surface area contributed by atoms with E-state index in [9.17, 15) is 14.7 Å². The van der Waals surface area contributed by atoms with Gasteiger partial charge in [-0.05, 0) is 18.6 Å². The highest BCUT2D eigenvalue weighted by molar-refractivity contribution is 6.48. The highest BCUT2D eigenvalue weighted by Gasteiger charge is 2.26. The topological polar surface area (TPSA) is 91.6 Å². The van der Waals surface area contributed by atoms with Crippen molar-refractivity contribution >= 4 is 46.4 Å². The molecular formula is C20H19Cl2N3O4. The minimum atomic E-state index is -0.896. The van der Waals surface area contributed by atoms with E-state index in [-0.39, 0.29) is 57.5 Å². The number of benzene rings is 1. The average molecular weight is 436 g/mol. The number of ether oxygens (including phenoxy) is 1. The SMILES string of the molecule is C=C1CC(=O)C(c2cc(Cl)c(OC3=NCC(=O)C(C(O)CC)=C3)c(Cl)c2)=NN1C. The zero-order chi connectivity index (χ0) is 21.3. The van der Waals surface area contributed by atoms with Gasteiger partial charge in [0.25, 0.3) is 0 Å². The van der Waals surface area contributed by atoms with Crippen LogP contribution in [0.5, 0.6) is 5.75 Å². The molecule has 0 amide bonds. The number of hydrogen-bond donors (Lipinski definition) is 1. The maximum Gasteiger partial charge on any atom is 0.215 e. The Morgan fingerprint density at radius 1 is 1.28 bits per heavy atom. The smallest absolute Gasteiger partial charge is 0.215 e. The van der Waals surface area contributed by atoms with Gasteiger partial charge < -0.3 is 9.84 Å². The van der Waals surface area contributed by atoms with Gasteiger partial charge in [0.1, 0.15) is 12.3 Å². The number of hydrazone groups is 1. The predicted molar refractivity (Wildman–Crippen MR) is 112 cm³/mol. The summed E-state index contributed by atoms with van der Waals surface area (Å²) in [4.78, 5) is 28.3. The molecule has 29 heavy (non-hydrogen) atoms. The van der Waals surface area contributed by atoms with Gasteiger partial charge in [0, 0.05) is 30.0 Å². The van der Waals surface area contributed by atoms with Crippen LogP contribution in [0.3, 0.4) is 0 Å². The Kier molecular flexibility index (Phi) is 6.21. The predicted octanol–water partition coefficient (Wildman–Crippen LogP) is 3.17. The molecule has 0 aliphatic carbocycles. The number of dihydropyridines is 1. The fourth-order valence-electron chi connectivity index (χ4n) is 2.84. The van der Waals surface area contributed by atoms with Gasteiger partial charge in [0.2, 0.25) is 5.90 Å².